The Labute approximate surface area is 211 Å². The van der Waals surface area contributed by atoms with Gasteiger partial charge < -0.3 is 9.47 Å². The van der Waals surface area contributed by atoms with Crippen LogP contribution in [0.1, 0.15) is 124 Å². The molecule has 1 rings (SSSR count). The van der Waals surface area contributed by atoms with Crippen molar-refractivity contribution >= 4 is 43.8 Å². The molecule has 0 atom stereocenters. The number of rotatable bonds is 18. The minimum atomic E-state index is -0.383. The molecule has 0 bridgehead atoms. The second-order valence-corrected chi connectivity index (χ2v) is 10.0. The highest BCUT2D eigenvalue weighted by molar-refractivity contribution is 9.11. The summed E-state index contributed by atoms with van der Waals surface area (Å²) in [5.74, 6) is -0.766. The third-order valence-electron chi connectivity index (χ3n) is 5.46. The predicted molar refractivity (Wildman–Crippen MR) is 138 cm³/mol. The number of esters is 2. The smallest absolute Gasteiger partial charge is 0.339 e. The number of halogens is 2. The van der Waals surface area contributed by atoms with Gasteiger partial charge in [0.1, 0.15) is 0 Å². The van der Waals surface area contributed by atoms with Gasteiger partial charge in [0.2, 0.25) is 0 Å². The molecule has 1 aromatic rings. The second-order valence-electron chi connectivity index (χ2n) is 8.33. The lowest BCUT2D eigenvalue weighted by Gasteiger charge is -2.11. The summed E-state index contributed by atoms with van der Waals surface area (Å²) in [5, 5.41) is 0. The van der Waals surface area contributed by atoms with Gasteiger partial charge in [0.15, 0.2) is 0 Å². The molecule has 0 aromatic heterocycles. The summed E-state index contributed by atoms with van der Waals surface area (Å²) < 4.78 is 11.9. The maximum absolute atomic E-state index is 12.4. The van der Waals surface area contributed by atoms with E-state index in [4.69, 9.17) is 9.47 Å². The molecule has 0 radical (unpaired) electrons. The molecule has 1 aromatic carbocycles. The Morgan fingerprint density at radius 3 is 1.25 bits per heavy atom. The number of ether oxygens (including phenoxy) is 2. The van der Waals surface area contributed by atoms with Crippen LogP contribution in [0.5, 0.6) is 0 Å². The molecule has 32 heavy (non-hydrogen) atoms. The van der Waals surface area contributed by atoms with Gasteiger partial charge in [0, 0.05) is 8.95 Å². The van der Waals surface area contributed by atoms with Crippen LogP contribution in [0.25, 0.3) is 0 Å². The highest BCUT2D eigenvalue weighted by atomic mass is 79.9. The van der Waals surface area contributed by atoms with Gasteiger partial charge in [-0.3, -0.25) is 0 Å². The number of carbonyl (C=O) groups is 2. The zero-order valence-electron chi connectivity index (χ0n) is 19.9. The molecule has 0 unspecified atom stereocenters. The number of unbranched alkanes of at least 4 members (excludes halogenated alkanes) is 12. The lowest BCUT2D eigenvalue weighted by Crippen LogP contribution is -2.11. The van der Waals surface area contributed by atoms with Crippen molar-refractivity contribution in [1.29, 1.82) is 0 Å². The van der Waals surface area contributed by atoms with Gasteiger partial charge in [-0.15, -0.1) is 0 Å². The zero-order valence-corrected chi connectivity index (χ0v) is 23.0. The fraction of sp³-hybridized carbons (Fsp3) is 0.692. The lowest BCUT2D eigenvalue weighted by atomic mass is 10.1. The molecule has 6 heteroatoms. The minimum absolute atomic E-state index is 0.383. The summed E-state index contributed by atoms with van der Waals surface area (Å²) in [4.78, 5) is 24.8. The van der Waals surface area contributed by atoms with Crippen molar-refractivity contribution in [3.05, 3.63) is 32.2 Å². The van der Waals surface area contributed by atoms with Crippen LogP contribution >= 0.6 is 31.9 Å². The van der Waals surface area contributed by atoms with E-state index in [0.717, 1.165) is 25.7 Å². The first-order valence-corrected chi connectivity index (χ1v) is 13.9. The van der Waals surface area contributed by atoms with E-state index < -0.39 is 0 Å². The van der Waals surface area contributed by atoms with Crippen molar-refractivity contribution < 1.29 is 19.1 Å². The molecular formula is C26H40Br2O4. The van der Waals surface area contributed by atoms with Crippen LogP contribution in [-0.4, -0.2) is 25.2 Å². The predicted octanol–water partition coefficient (Wildman–Crippen LogP) is 9.03. The Hall–Kier alpha value is -0.880. The summed E-state index contributed by atoms with van der Waals surface area (Å²) in [7, 11) is 0. The van der Waals surface area contributed by atoms with Gasteiger partial charge in [0.05, 0.1) is 24.3 Å². The number of benzene rings is 1. The van der Waals surface area contributed by atoms with Crippen molar-refractivity contribution in [3.63, 3.8) is 0 Å². The summed E-state index contributed by atoms with van der Waals surface area (Å²) >= 11 is 6.80. The summed E-state index contributed by atoms with van der Waals surface area (Å²) in [6.45, 7) is 5.25. The molecule has 0 saturated carbocycles. The molecule has 0 aliphatic rings. The van der Waals surface area contributed by atoms with E-state index in [1.807, 2.05) is 0 Å². The van der Waals surface area contributed by atoms with Crippen LogP contribution in [-0.2, 0) is 9.47 Å². The van der Waals surface area contributed by atoms with E-state index in [-0.39, 0.29) is 11.9 Å². The van der Waals surface area contributed by atoms with E-state index >= 15 is 0 Å². The SMILES string of the molecule is CCCCCCCCCOC(=O)c1cc(Br)c(C(=O)OCCCCCCCCC)cc1Br. The zero-order chi connectivity index (χ0) is 23.6. The molecular weight excluding hydrogens is 536 g/mol. The van der Waals surface area contributed by atoms with Gasteiger partial charge in [-0.25, -0.2) is 9.59 Å². The molecule has 0 fully saturated rings. The van der Waals surface area contributed by atoms with Crippen LogP contribution in [0.15, 0.2) is 21.1 Å². The standard InChI is InChI=1S/C26H40Br2O4/c1-3-5-7-9-11-13-15-17-31-25(29)21-19-24(28)22(20-23(21)27)26(30)32-18-16-14-12-10-8-6-4-2/h19-20H,3-18H2,1-2H3. The summed E-state index contributed by atoms with van der Waals surface area (Å²) in [6, 6.07) is 3.25. The van der Waals surface area contributed by atoms with Gasteiger partial charge in [-0.2, -0.15) is 0 Å². The van der Waals surface area contributed by atoms with Gasteiger partial charge in [-0.1, -0.05) is 90.9 Å². The molecule has 0 aliphatic heterocycles. The highest BCUT2D eigenvalue weighted by Crippen LogP contribution is 2.27. The largest absolute Gasteiger partial charge is 0.462 e. The Balaban J connectivity index is 2.37. The van der Waals surface area contributed by atoms with Gasteiger partial charge >= 0.3 is 11.9 Å². The third kappa shape index (κ3) is 12.4. The highest BCUT2D eigenvalue weighted by Gasteiger charge is 2.19. The third-order valence-corrected chi connectivity index (χ3v) is 6.77. The van der Waals surface area contributed by atoms with Crippen LogP contribution in [0.4, 0.5) is 0 Å². The Bertz CT molecular complexity index is 618. The Morgan fingerprint density at radius 2 is 0.906 bits per heavy atom. The Morgan fingerprint density at radius 1 is 0.594 bits per heavy atom. The van der Waals surface area contributed by atoms with Crippen molar-refractivity contribution in [2.24, 2.45) is 0 Å². The molecule has 0 spiro atoms. The lowest BCUT2D eigenvalue weighted by molar-refractivity contribution is 0.0481. The topological polar surface area (TPSA) is 52.6 Å². The molecule has 0 amide bonds. The Kier molecular flexibility index (Phi) is 16.9. The summed E-state index contributed by atoms with van der Waals surface area (Å²) in [6.07, 6.45) is 16.4. The van der Waals surface area contributed by atoms with E-state index in [1.165, 1.54) is 64.2 Å². The fourth-order valence-electron chi connectivity index (χ4n) is 3.46. The summed E-state index contributed by atoms with van der Waals surface area (Å²) in [5.41, 5.74) is 0.812. The normalized spacial score (nSPS) is 10.9. The first-order valence-electron chi connectivity index (χ1n) is 12.3. The second kappa shape index (κ2) is 18.5. The molecule has 0 N–H and O–H groups in total. The average molecular weight is 576 g/mol. The first kappa shape index (κ1) is 29.2. The van der Waals surface area contributed by atoms with Crippen LogP contribution in [0.3, 0.4) is 0 Å². The van der Waals surface area contributed by atoms with Crippen LogP contribution < -0.4 is 0 Å². The number of hydrogen-bond acceptors (Lipinski definition) is 4. The molecule has 4 nitrogen and oxygen atoms in total. The van der Waals surface area contributed by atoms with Crippen LogP contribution in [0, 0.1) is 0 Å². The quantitative estimate of drug-likeness (QED) is 0.129. The van der Waals surface area contributed by atoms with Gasteiger partial charge in [-0.05, 0) is 56.8 Å². The minimum Gasteiger partial charge on any atom is -0.462 e. The molecule has 0 saturated heterocycles. The van der Waals surface area contributed by atoms with Crippen molar-refractivity contribution in [2.45, 2.75) is 104 Å². The number of hydrogen-bond donors (Lipinski definition) is 0. The first-order chi connectivity index (χ1) is 15.5. The molecule has 0 heterocycles. The molecule has 182 valence electrons. The van der Waals surface area contributed by atoms with E-state index in [2.05, 4.69) is 45.7 Å². The van der Waals surface area contributed by atoms with E-state index in [1.54, 1.807) is 12.1 Å². The fourth-order valence-corrected chi connectivity index (χ4v) is 4.47. The maximum Gasteiger partial charge on any atom is 0.339 e. The van der Waals surface area contributed by atoms with Gasteiger partial charge in [0.25, 0.3) is 0 Å². The average Bonchev–Trinajstić information content (AvgIpc) is 2.78. The monoisotopic (exact) mass is 574 g/mol. The maximum atomic E-state index is 12.4. The number of carbonyl (C=O) groups excluding carboxylic acids is 2. The van der Waals surface area contributed by atoms with E-state index in [0.29, 0.717) is 33.3 Å². The van der Waals surface area contributed by atoms with Crippen molar-refractivity contribution in [1.82, 2.24) is 0 Å². The molecule has 0 aliphatic carbocycles. The van der Waals surface area contributed by atoms with E-state index in [9.17, 15) is 9.59 Å². The van der Waals surface area contributed by atoms with Crippen molar-refractivity contribution in [3.8, 4) is 0 Å². The van der Waals surface area contributed by atoms with Crippen molar-refractivity contribution in [2.75, 3.05) is 13.2 Å². The van der Waals surface area contributed by atoms with Crippen LogP contribution in [0.2, 0.25) is 0 Å².